The molecule has 0 unspecified atom stereocenters. The lowest BCUT2D eigenvalue weighted by atomic mass is 10.3. The van der Waals surface area contributed by atoms with Gasteiger partial charge < -0.3 is 4.98 Å². The van der Waals surface area contributed by atoms with Gasteiger partial charge in [0.2, 0.25) is 0 Å². The fourth-order valence-corrected chi connectivity index (χ4v) is 2.48. The van der Waals surface area contributed by atoms with Crippen LogP contribution in [0.2, 0.25) is 0 Å². The minimum atomic E-state index is 1.01. The molecule has 2 heterocycles. The summed E-state index contributed by atoms with van der Waals surface area (Å²) in [6.07, 6.45) is 2.38. The number of rotatable bonds is 2. The summed E-state index contributed by atoms with van der Waals surface area (Å²) in [6.45, 7) is 4.19. The predicted octanol–water partition coefficient (Wildman–Crippen LogP) is 2.89. The topological polar surface area (TPSA) is 28.7 Å². The van der Waals surface area contributed by atoms with E-state index in [0.717, 1.165) is 10.7 Å². The maximum absolute atomic E-state index is 4.38. The van der Waals surface area contributed by atoms with Crippen LogP contribution in [0.15, 0.2) is 6.07 Å². The lowest BCUT2D eigenvalue weighted by molar-refractivity contribution is 0.940. The first-order valence-corrected chi connectivity index (χ1v) is 5.06. The van der Waals surface area contributed by atoms with Crippen molar-refractivity contribution < 1.29 is 0 Å². The van der Waals surface area contributed by atoms with Gasteiger partial charge >= 0.3 is 0 Å². The fourth-order valence-electron chi connectivity index (χ4n) is 1.35. The maximum Gasteiger partial charge on any atom is 0.141 e. The van der Waals surface area contributed by atoms with E-state index in [1.807, 2.05) is 6.92 Å². The molecule has 0 aliphatic rings. The molecule has 0 fully saturated rings. The van der Waals surface area contributed by atoms with Crippen molar-refractivity contribution in [3.63, 3.8) is 0 Å². The molecule has 0 amide bonds. The number of hydrogen-bond acceptors (Lipinski definition) is 2. The van der Waals surface area contributed by atoms with Gasteiger partial charge in [0.05, 0.1) is 5.52 Å². The summed E-state index contributed by atoms with van der Waals surface area (Å²) >= 11 is 1.80. The molecule has 64 valence electrons. The summed E-state index contributed by atoms with van der Waals surface area (Å²) in [7, 11) is 0. The first-order chi connectivity index (χ1) is 5.79. The molecule has 2 aromatic heterocycles. The Bertz CT molecular complexity index is 355. The van der Waals surface area contributed by atoms with Crippen LogP contribution >= 0.6 is 11.3 Å². The van der Waals surface area contributed by atoms with E-state index in [1.165, 1.54) is 23.2 Å². The molecule has 0 saturated heterocycles. The highest BCUT2D eigenvalue weighted by molar-refractivity contribution is 7.18. The van der Waals surface area contributed by atoms with Crippen LogP contribution < -0.4 is 0 Å². The minimum Gasteiger partial charge on any atom is -0.341 e. The van der Waals surface area contributed by atoms with E-state index in [4.69, 9.17) is 0 Å². The minimum absolute atomic E-state index is 1.01. The molecule has 0 atom stereocenters. The number of aromatic nitrogens is 2. The number of hydrogen-bond donors (Lipinski definition) is 1. The summed E-state index contributed by atoms with van der Waals surface area (Å²) in [5, 5.41) is 0. The Balaban J connectivity index is 2.43. The third-order valence-corrected chi connectivity index (χ3v) is 2.93. The van der Waals surface area contributed by atoms with Crippen molar-refractivity contribution in [2.75, 3.05) is 0 Å². The highest BCUT2D eigenvalue weighted by Gasteiger charge is 2.03. The standard InChI is InChI=1S/C9H12N2S/c1-3-4-7-5-8-9(12-7)11-6(2)10-8/h5H,3-4H2,1-2H3,(H,10,11). The SMILES string of the molecule is CCCc1cc2[nH]c(C)nc2s1. The number of nitrogens with one attached hydrogen (secondary N) is 1. The highest BCUT2D eigenvalue weighted by Crippen LogP contribution is 2.24. The Kier molecular flexibility index (Phi) is 1.89. The molecule has 0 saturated carbocycles. The average Bonchev–Trinajstić information content (AvgIpc) is 2.44. The summed E-state index contributed by atoms with van der Waals surface area (Å²) in [5.74, 6) is 1.01. The number of nitrogens with zero attached hydrogens (tertiary/aromatic N) is 1. The lowest BCUT2D eigenvalue weighted by Gasteiger charge is -1.87. The zero-order chi connectivity index (χ0) is 8.55. The quantitative estimate of drug-likeness (QED) is 0.756. The van der Waals surface area contributed by atoms with E-state index in [1.54, 1.807) is 11.3 Å². The van der Waals surface area contributed by atoms with Crippen molar-refractivity contribution >= 4 is 21.7 Å². The summed E-state index contributed by atoms with van der Waals surface area (Å²) in [6, 6.07) is 2.21. The normalized spacial score (nSPS) is 11.2. The van der Waals surface area contributed by atoms with Crippen molar-refractivity contribution in [2.24, 2.45) is 0 Å². The zero-order valence-electron chi connectivity index (χ0n) is 7.35. The molecule has 1 N–H and O–H groups in total. The number of fused-ring (bicyclic) bond motifs is 1. The van der Waals surface area contributed by atoms with Gasteiger partial charge in [-0.25, -0.2) is 4.98 Å². The van der Waals surface area contributed by atoms with Crippen LogP contribution in [-0.4, -0.2) is 9.97 Å². The zero-order valence-corrected chi connectivity index (χ0v) is 8.16. The van der Waals surface area contributed by atoms with Gasteiger partial charge in [0, 0.05) is 4.88 Å². The van der Waals surface area contributed by atoms with E-state index in [0.29, 0.717) is 0 Å². The van der Waals surface area contributed by atoms with Crippen molar-refractivity contribution in [1.82, 2.24) is 9.97 Å². The van der Waals surface area contributed by atoms with E-state index in [-0.39, 0.29) is 0 Å². The third kappa shape index (κ3) is 1.25. The lowest BCUT2D eigenvalue weighted by Crippen LogP contribution is -1.75. The second kappa shape index (κ2) is 2.90. The Hall–Kier alpha value is -0.830. The van der Waals surface area contributed by atoms with Crippen LogP contribution in [0.3, 0.4) is 0 Å². The van der Waals surface area contributed by atoms with E-state index in [2.05, 4.69) is 23.0 Å². The van der Waals surface area contributed by atoms with E-state index < -0.39 is 0 Å². The van der Waals surface area contributed by atoms with Gasteiger partial charge in [0.15, 0.2) is 0 Å². The number of aromatic amines is 1. The molecule has 0 aliphatic heterocycles. The number of H-pyrrole nitrogens is 1. The molecule has 3 heteroatoms. The highest BCUT2D eigenvalue weighted by atomic mass is 32.1. The molecule has 12 heavy (non-hydrogen) atoms. The molecule has 0 bridgehead atoms. The second-order valence-electron chi connectivity index (χ2n) is 3.00. The Labute approximate surface area is 75.6 Å². The van der Waals surface area contributed by atoms with E-state index in [9.17, 15) is 0 Å². The van der Waals surface area contributed by atoms with Crippen LogP contribution in [0.5, 0.6) is 0 Å². The van der Waals surface area contributed by atoms with Crippen LogP contribution in [0.25, 0.3) is 10.3 Å². The van der Waals surface area contributed by atoms with Gasteiger partial charge in [-0.15, -0.1) is 11.3 Å². The Morgan fingerprint density at radius 1 is 1.58 bits per heavy atom. The van der Waals surface area contributed by atoms with Gasteiger partial charge in [-0.1, -0.05) is 13.3 Å². The summed E-state index contributed by atoms with van der Waals surface area (Å²) in [4.78, 5) is 10.2. The molecule has 0 spiro atoms. The van der Waals surface area contributed by atoms with E-state index >= 15 is 0 Å². The van der Waals surface area contributed by atoms with Crippen LogP contribution in [0.4, 0.5) is 0 Å². The molecule has 2 nitrogen and oxygen atoms in total. The fraction of sp³-hybridized carbons (Fsp3) is 0.444. The Morgan fingerprint density at radius 3 is 3.08 bits per heavy atom. The molecule has 2 rings (SSSR count). The molecule has 2 aromatic rings. The van der Waals surface area contributed by atoms with Crippen molar-refractivity contribution in [2.45, 2.75) is 26.7 Å². The Morgan fingerprint density at radius 2 is 2.42 bits per heavy atom. The van der Waals surface area contributed by atoms with Crippen LogP contribution in [0.1, 0.15) is 24.0 Å². The van der Waals surface area contributed by atoms with Crippen LogP contribution in [-0.2, 0) is 6.42 Å². The molecule has 0 aliphatic carbocycles. The average molecular weight is 180 g/mol. The monoisotopic (exact) mass is 180 g/mol. The largest absolute Gasteiger partial charge is 0.341 e. The molecule has 0 aromatic carbocycles. The molecule has 0 radical (unpaired) electrons. The molecular weight excluding hydrogens is 168 g/mol. The first-order valence-electron chi connectivity index (χ1n) is 4.24. The maximum atomic E-state index is 4.38. The first kappa shape index (κ1) is 7.80. The van der Waals surface area contributed by atoms with Crippen molar-refractivity contribution in [1.29, 1.82) is 0 Å². The number of aryl methyl sites for hydroxylation is 2. The number of imidazole rings is 1. The van der Waals surface area contributed by atoms with Gasteiger partial charge in [-0.05, 0) is 19.4 Å². The van der Waals surface area contributed by atoms with Crippen molar-refractivity contribution in [3.8, 4) is 0 Å². The number of thiophene rings is 1. The third-order valence-electron chi connectivity index (χ3n) is 1.84. The van der Waals surface area contributed by atoms with Crippen molar-refractivity contribution in [3.05, 3.63) is 16.8 Å². The van der Waals surface area contributed by atoms with Gasteiger partial charge in [0.25, 0.3) is 0 Å². The van der Waals surface area contributed by atoms with Gasteiger partial charge in [0.1, 0.15) is 10.7 Å². The summed E-state index contributed by atoms with van der Waals surface area (Å²) in [5.41, 5.74) is 1.20. The predicted molar refractivity (Wildman–Crippen MR) is 52.7 cm³/mol. The second-order valence-corrected chi connectivity index (χ2v) is 4.12. The van der Waals surface area contributed by atoms with Gasteiger partial charge in [-0.2, -0.15) is 0 Å². The molecular formula is C9H12N2S. The van der Waals surface area contributed by atoms with Crippen LogP contribution in [0, 0.1) is 6.92 Å². The smallest absolute Gasteiger partial charge is 0.141 e. The van der Waals surface area contributed by atoms with Gasteiger partial charge in [-0.3, -0.25) is 0 Å². The summed E-state index contributed by atoms with van der Waals surface area (Å²) < 4.78 is 0.